The molecule has 1 fully saturated rings. The number of carbonyl (C=O) groups is 1. The number of ketones is 1. The SMILES string of the molecule is CSc1ccc(C(=O)c2cc(C3CC3)on2)c(OC(F)(F)C(F)Cl)c1. The van der Waals surface area contributed by atoms with E-state index in [4.69, 9.17) is 16.1 Å². The quantitative estimate of drug-likeness (QED) is 0.377. The van der Waals surface area contributed by atoms with Gasteiger partial charge >= 0.3 is 6.11 Å². The maximum atomic E-state index is 13.6. The van der Waals surface area contributed by atoms with Gasteiger partial charge in [0.15, 0.2) is 5.69 Å². The summed E-state index contributed by atoms with van der Waals surface area (Å²) in [6, 6.07) is 5.61. The molecule has 25 heavy (non-hydrogen) atoms. The number of hydrogen-bond acceptors (Lipinski definition) is 5. The predicted octanol–water partition coefficient (Wildman–Crippen LogP) is 5.01. The Balaban J connectivity index is 1.94. The van der Waals surface area contributed by atoms with Crippen LogP contribution in [0, 0.1) is 0 Å². The molecule has 1 aliphatic rings. The van der Waals surface area contributed by atoms with Crippen molar-refractivity contribution in [2.24, 2.45) is 0 Å². The first-order valence-corrected chi connectivity index (χ1v) is 9.02. The lowest BCUT2D eigenvalue weighted by Crippen LogP contribution is -2.33. The molecule has 0 radical (unpaired) electrons. The van der Waals surface area contributed by atoms with E-state index >= 15 is 0 Å². The number of thioether (sulfide) groups is 1. The highest BCUT2D eigenvalue weighted by Crippen LogP contribution is 2.40. The molecule has 4 nitrogen and oxygen atoms in total. The van der Waals surface area contributed by atoms with Gasteiger partial charge in [0.2, 0.25) is 5.78 Å². The molecule has 0 bridgehead atoms. The Morgan fingerprint density at radius 3 is 2.76 bits per heavy atom. The molecule has 0 spiro atoms. The number of rotatable bonds is 7. The fourth-order valence-electron chi connectivity index (χ4n) is 2.19. The van der Waals surface area contributed by atoms with E-state index < -0.39 is 23.3 Å². The summed E-state index contributed by atoms with van der Waals surface area (Å²) in [6.07, 6.45) is -0.646. The summed E-state index contributed by atoms with van der Waals surface area (Å²) in [5.74, 6) is -0.293. The van der Waals surface area contributed by atoms with E-state index in [1.54, 1.807) is 12.3 Å². The van der Waals surface area contributed by atoms with Crippen molar-refractivity contribution in [3.8, 4) is 5.75 Å². The number of benzene rings is 1. The van der Waals surface area contributed by atoms with E-state index in [2.05, 4.69) is 9.89 Å². The molecule has 1 heterocycles. The Kier molecular flexibility index (Phi) is 5.02. The molecule has 0 amide bonds. The molecular formula is C16H13ClF3NO3S. The lowest BCUT2D eigenvalue weighted by atomic mass is 10.1. The summed E-state index contributed by atoms with van der Waals surface area (Å²) < 4.78 is 49.5. The van der Waals surface area contributed by atoms with Crippen LogP contribution in [0.1, 0.15) is 40.6 Å². The van der Waals surface area contributed by atoms with Crippen LogP contribution < -0.4 is 4.74 Å². The van der Waals surface area contributed by atoms with Crippen LogP contribution in [0.2, 0.25) is 0 Å². The molecule has 1 unspecified atom stereocenters. The van der Waals surface area contributed by atoms with Gasteiger partial charge in [-0.1, -0.05) is 16.8 Å². The fraction of sp³-hybridized carbons (Fsp3) is 0.375. The smallest absolute Gasteiger partial charge is 0.429 e. The van der Waals surface area contributed by atoms with E-state index in [-0.39, 0.29) is 17.2 Å². The number of ether oxygens (including phenoxy) is 1. The van der Waals surface area contributed by atoms with Gasteiger partial charge in [-0.25, -0.2) is 4.39 Å². The van der Waals surface area contributed by atoms with Gasteiger partial charge < -0.3 is 9.26 Å². The standard InChI is InChI=1S/C16H13ClF3NO3S/c1-25-9-4-5-10(13(6-9)23-16(19,20)15(17)18)14(22)11-7-12(24-21-11)8-2-3-8/h4-8,15H,2-3H2,1H3. The Bertz CT molecular complexity index is 793. The van der Waals surface area contributed by atoms with Gasteiger partial charge in [-0.05, 0) is 37.3 Å². The molecule has 0 aliphatic heterocycles. The maximum absolute atomic E-state index is 13.6. The van der Waals surface area contributed by atoms with E-state index in [0.717, 1.165) is 12.8 Å². The van der Waals surface area contributed by atoms with Crippen molar-refractivity contribution < 1.29 is 27.2 Å². The topological polar surface area (TPSA) is 52.3 Å². The van der Waals surface area contributed by atoms with Crippen LogP contribution in [-0.2, 0) is 0 Å². The minimum absolute atomic E-state index is 0.0189. The zero-order valence-electron chi connectivity index (χ0n) is 13.0. The van der Waals surface area contributed by atoms with E-state index in [9.17, 15) is 18.0 Å². The first kappa shape index (κ1) is 18.1. The molecule has 3 rings (SSSR count). The van der Waals surface area contributed by atoms with Crippen LogP contribution in [0.25, 0.3) is 0 Å². The summed E-state index contributed by atoms with van der Waals surface area (Å²) in [6.45, 7) is 0. The molecule has 1 saturated carbocycles. The number of hydrogen-bond donors (Lipinski definition) is 0. The number of nitrogens with zero attached hydrogens (tertiary/aromatic N) is 1. The Hall–Kier alpha value is -1.67. The van der Waals surface area contributed by atoms with E-state index in [0.29, 0.717) is 10.7 Å². The third kappa shape index (κ3) is 3.95. The van der Waals surface area contributed by atoms with Gasteiger partial charge in [0.05, 0.1) is 5.56 Å². The second-order valence-electron chi connectivity index (χ2n) is 5.54. The number of alkyl halides is 4. The largest absolute Gasteiger partial charge is 0.444 e. The Labute approximate surface area is 150 Å². The average molecular weight is 392 g/mol. The molecule has 134 valence electrons. The molecule has 1 aliphatic carbocycles. The maximum Gasteiger partial charge on any atom is 0.444 e. The van der Waals surface area contributed by atoms with Crippen LogP contribution >= 0.6 is 23.4 Å². The second-order valence-corrected chi connectivity index (χ2v) is 6.81. The van der Waals surface area contributed by atoms with Crippen LogP contribution in [0.3, 0.4) is 0 Å². The molecule has 1 aromatic carbocycles. The highest BCUT2D eigenvalue weighted by molar-refractivity contribution is 7.98. The zero-order valence-corrected chi connectivity index (χ0v) is 14.5. The average Bonchev–Trinajstić information content (AvgIpc) is 3.30. The third-order valence-electron chi connectivity index (χ3n) is 3.67. The van der Waals surface area contributed by atoms with Crippen molar-refractivity contribution in [2.45, 2.75) is 35.4 Å². The van der Waals surface area contributed by atoms with Crippen molar-refractivity contribution in [2.75, 3.05) is 6.26 Å². The normalized spacial score (nSPS) is 15.9. The highest BCUT2D eigenvalue weighted by atomic mass is 35.5. The first-order chi connectivity index (χ1) is 11.8. The van der Waals surface area contributed by atoms with Crippen LogP contribution in [0.5, 0.6) is 5.75 Å². The minimum atomic E-state index is -4.28. The van der Waals surface area contributed by atoms with E-state index in [1.807, 2.05) is 0 Å². The predicted molar refractivity (Wildman–Crippen MR) is 86.5 cm³/mol. The second kappa shape index (κ2) is 6.92. The summed E-state index contributed by atoms with van der Waals surface area (Å²) in [4.78, 5) is 13.2. The molecule has 1 aromatic heterocycles. The molecular weight excluding hydrogens is 379 g/mol. The number of carbonyl (C=O) groups excluding carboxylic acids is 1. The monoisotopic (exact) mass is 391 g/mol. The first-order valence-electron chi connectivity index (χ1n) is 7.36. The van der Waals surface area contributed by atoms with Crippen molar-refractivity contribution in [3.05, 3.63) is 41.3 Å². The Morgan fingerprint density at radius 2 is 2.16 bits per heavy atom. The highest BCUT2D eigenvalue weighted by Gasteiger charge is 2.43. The van der Waals surface area contributed by atoms with Gasteiger partial charge in [0.1, 0.15) is 11.5 Å². The van der Waals surface area contributed by atoms with Crippen molar-refractivity contribution in [3.63, 3.8) is 0 Å². The van der Waals surface area contributed by atoms with Crippen molar-refractivity contribution in [1.29, 1.82) is 0 Å². The summed E-state index contributed by atoms with van der Waals surface area (Å²) in [5, 5.41) is 3.70. The van der Waals surface area contributed by atoms with Crippen molar-refractivity contribution in [1.82, 2.24) is 5.16 Å². The molecule has 9 heteroatoms. The van der Waals surface area contributed by atoms with Gasteiger partial charge in [-0.15, -0.1) is 11.8 Å². The van der Waals surface area contributed by atoms with Crippen LogP contribution in [0.4, 0.5) is 13.2 Å². The Morgan fingerprint density at radius 1 is 1.44 bits per heavy atom. The third-order valence-corrected chi connectivity index (χ3v) is 4.65. The minimum Gasteiger partial charge on any atom is -0.429 e. The molecule has 0 saturated heterocycles. The van der Waals surface area contributed by atoms with Gasteiger partial charge in [-0.2, -0.15) is 8.78 Å². The van der Waals surface area contributed by atoms with Gasteiger partial charge in [-0.3, -0.25) is 4.79 Å². The van der Waals surface area contributed by atoms with Gasteiger partial charge in [0.25, 0.3) is 5.63 Å². The number of aromatic nitrogens is 1. The van der Waals surface area contributed by atoms with E-state index in [1.165, 1.54) is 30.0 Å². The molecule has 1 atom stereocenters. The zero-order chi connectivity index (χ0) is 18.2. The van der Waals surface area contributed by atoms with Crippen molar-refractivity contribution >= 4 is 29.1 Å². The van der Waals surface area contributed by atoms with Crippen LogP contribution in [-0.4, -0.2) is 28.9 Å². The number of halogens is 4. The summed E-state index contributed by atoms with van der Waals surface area (Å²) >= 11 is 6.08. The lowest BCUT2D eigenvalue weighted by molar-refractivity contribution is -0.199. The lowest BCUT2D eigenvalue weighted by Gasteiger charge is -2.19. The molecule has 0 N–H and O–H groups in total. The summed E-state index contributed by atoms with van der Waals surface area (Å²) in [7, 11) is 0. The molecule has 2 aromatic rings. The van der Waals surface area contributed by atoms with Gasteiger partial charge in [0, 0.05) is 16.9 Å². The summed E-state index contributed by atoms with van der Waals surface area (Å²) in [5.41, 5.74) is -3.25. The van der Waals surface area contributed by atoms with Crippen LogP contribution in [0.15, 0.2) is 33.7 Å². The fourth-order valence-corrected chi connectivity index (χ4v) is 2.66.